The van der Waals surface area contributed by atoms with E-state index >= 15 is 0 Å². The molecule has 2 aromatic carbocycles. The summed E-state index contributed by atoms with van der Waals surface area (Å²) in [6, 6.07) is 21.9. The fourth-order valence-corrected chi connectivity index (χ4v) is 2.81. The van der Waals surface area contributed by atoms with E-state index in [-0.39, 0.29) is 5.91 Å². The van der Waals surface area contributed by atoms with Gasteiger partial charge in [-0.05, 0) is 47.7 Å². The van der Waals surface area contributed by atoms with Crippen molar-refractivity contribution >= 4 is 17.3 Å². The van der Waals surface area contributed by atoms with Gasteiger partial charge in [0.25, 0.3) is 5.91 Å². The third-order valence-corrected chi connectivity index (χ3v) is 4.41. The number of nitrogens with one attached hydrogen (secondary N) is 2. The van der Waals surface area contributed by atoms with Crippen LogP contribution in [0.1, 0.15) is 41.4 Å². The highest BCUT2D eigenvalue weighted by Gasteiger charge is 2.09. The number of anilines is 2. The fraction of sp³-hybridized carbons (Fsp3) is 0.217. The molecule has 4 nitrogen and oxygen atoms in total. The summed E-state index contributed by atoms with van der Waals surface area (Å²) in [7, 11) is 0. The summed E-state index contributed by atoms with van der Waals surface area (Å²) in [5, 5.41) is 6.26. The number of benzene rings is 2. The Kier molecular flexibility index (Phi) is 6.21. The molecule has 4 heteroatoms. The van der Waals surface area contributed by atoms with Gasteiger partial charge >= 0.3 is 0 Å². The summed E-state index contributed by atoms with van der Waals surface area (Å²) in [6.07, 6.45) is 2.58. The van der Waals surface area contributed by atoms with Crippen molar-refractivity contribution in [3.63, 3.8) is 0 Å². The minimum absolute atomic E-state index is 0.209. The highest BCUT2D eigenvalue weighted by atomic mass is 16.1. The van der Waals surface area contributed by atoms with Crippen molar-refractivity contribution in [1.82, 2.24) is 4.98 Å². The summed E-state index contributed by atoms with van der Waals surface area (Å²) in [6.45, 7) is 5.09. The van der Waals surface area contributed by atoms with E-state index in [1.807, 2.05) is 48.5 Å². The molecule has 0 atom stereocenters. The van der Waals surface area contributed by atoms with Gasteiger partial charge < -0.3 is 10.6 Å². The van der Waals surface area contributed by atoms with Crippen molar-refractivity contribution in [1.29, 1.82) is 0 Å². The Balaban J connectivity index is 1.58. The molecule has 138 valence electrons. The maximum atomic E-state index is 12.5. The first-order valence-corrected chi connectivity index (χ1v) is 9.27. The number of pyridine rings is 1. The Hall–Kier alpha value is -3.14. The summed E-state index contributed by atoms with van der Waals surface area (Å²) >= 11 is 0. The molecule has 0 saturated heterocycles. The number of amides is 1. The lowest BCUT2D eigenvalue weighted by molar-refractivity contribution is 0.102. The predicted octanol–water partition coefficient (Wildman–Crippen LogP) is 5.11. The topological polar surface area (TPSA) is 54.0 Å². The molecule has 0 bridgehead atoms. The predicted molar refractivity (Wildman–Crippen MR) is 111 cm³/mol. The summed E-state index contributed by atoms with van der Waals surface area (Å²) in [5.74, 6) is 0.258. The van der Waals surface area contributed by atoms with Crippen LogP contribution >= 0.6 is 0 Å². The second kappa shape index (κ2) is 8.99. The van der Waals surface area contributed by atoms with Crippen molar-refractivity contribution in [2.75, 3.05) is 17.2 Å². The second-order valence-electron chi connectivity index (χ2n) is 6.82. The highest BCUT2D eigenvalue weighted by Crippen LogP contribution is 2.18. The van der Waals surface area contributed by atoms with E-state index in [0.717, 1.165) is 24.3 Å². The summed E-state index contributed by atoms with van der Waals surface area (Å²) < 4.78 is 0. The summed E-state index contributed by atoms with van der Waals surface area (Å²) in [5.41, 5.74) is 4.58. The molecule has 0 unspecified atom stereocenters. The van der Waals surface area contributed by atoms with E-state index in [1.54, 1.807) is 12.3 Å². The average molecular weight is 359 g/mol. The van der Waals surface area contributed by atoms with Gasteiger partial charge in [-0.2, -0.15) is 0 Å². The van der Waals surface area contributed by atoms with Gasteiger partial charge in [-0.25, -0.2) is 0 Å². The first-order valence-electron chi connectivity index (χ1n) is 9.27. The molecule has 1 aromatic heterocycles. The van der Waals surface area contributed by atoms with Gasteiger partial charge in [0.1, 0.15) is 5.69 Å². The van der Waals surface area contributed by atoms with Crippen LogP contribution < -0.4 is 10.6 Å². The smallest absolute Gasteiger partial charge is 0.274 e. The lowest BCUT2D eigenvalue weighted by atomic mass is 10.0. The van der Waals surface area contributed by atoms with Crippen LogP contribution in [-0.2, 0) is 6.42 Å². The van der Waals surface area contributed by atoms with Gasteiger partial charge in [0.2, 0.25) is 0 Å². The standard InChI is InChI=1S/C23H25N3O/c1-17(2)19-8-10-20(11-9-19)26-23(27)22-16-21(13-15-25-22)24-14-12-18-6-4-3-5-7-18/h3-11,13,15-17H,12,14H2,1-2H3,(H,24,25)(H,26,27). The van der Waals surface area contributed by atoms with Crippen LogP contribution in [0.5, 0.6) is 0 Å². The van der Waals surface area contributed by atoms with E-state index in [1.165, 1.54) is 11.1 Å². The molecule has 0 aliphatic heterocycles. The van der Waals surface area contributed by atoms with Crippen LogP contribution in [-0.4, -0.2) is 17.4 Å². The molecule has 0 aliphatic carbocycles. The third kappa shape index (κ3) is 5.42. The van der Waals surface area contributed by atoms with Crippen molar-refractivity contribution < 1.29 is 4.79 Å². The lowest BCUT2D eigenvalue weighted by Crippen LogP contribution is -2.14. The second-order valence-corrected chi connectivity index (χ2v) is 6.82. The van der Waals surface area contributed by atoms with Crippen LogP contribution in [0, 0.1) is 0 Å². The Morgan fingerprint density at radius 2 is 1.70 bits per heavy atom. The van der Waals surface area contributed by atoms with Crippen molar-refractivity contribution in [3.8, 4) is 0 Å². The number of hydrogen-bond acceptors (Lipinski definition) is 3. The molecule has 2 N–H and O–H groups in total. The first kappa shape index (κ1) is 18.6. The molecule has 0 aliphatic rings. The van der Waals surface area contributed by atoms with Gasteiger partial charge in [-0.15, -0.1) is 0 Å². The minimum atomic E-state index is -0.209. The van der Waals surface area contributed by atoms with Crippen molar-refractivity contribution in [2.24, 2.45) is 0 Å². The first-order chi connectivity index (χ1) is 13.1. The maximum Gasteiger partial charge on any atom is 0.274 e. The van der Waals surface area contributed by atoms with Crippen LogP contribution in [0.4, 0.5) is 11.4 Å². The number of nitrogens with zero attached hydrogens (tertiary/aromatic N) is 1. The van der Waals surface area contributed by atoms with Gasteiger partial charge in [0, 0.05) is 24.1 Å². The molecular weight excluding hydrogens is 334 g/mol. The average Bonchev–Trinajstić information content (AvgIpc) is 2.69. The SMILES string of the molecule is CC(C)c1ccc(NC(=O)c2cc(NCCc3ccccc3)ccn2)cc1. The molecule has 0 fully saturated rings. The fourth-order valence-electron chi connectivity index (χ4n) is 2.81. The summed E-state index contributed by atoms with van der Waals surface area (Å²) in [4.78, 5) is 16.7. The zero-order valence-electron chi connectivity index (χ0n) is 15.8. The molecule has 0 saturated carbocycles. The van der Waals surface area contributed by atoms with Crippen LogP contribution in [0.2, 0.25) is 0 Å². The molecule has 0 radical (unpaired) electrons. The van der Waals surface area contributed by atoms with E-state index in [0.29, 0.717) is 11.6 Å². The Morgan fingerprint density at radius 1 is 0.963 bits per heavy atom. The Morgan fingerprint density at radius 3 is 2.41 bits per heavy atom. The monoisotopic (exact) mass is 359 g/mol. The molecule has 1 amide bonds. The quantitative estimate of drug-likeness (QED) is 0.616. The van der Waals surface area contributed by atoms with E-state index in [9.17, 15) is 4.79 Å². The molecule has 27 heavy (non-hydrogen) atoms. The third-order valence-electron chi connectivity index (χ3n) is 4.41. The number of hydrogen-bond donors (Lipinski definition) is 2. The highest BCUT2D eigenvalue weighted by molar-refractivity contribution is 6.03. The number of carbonyl (C=O) groups excluding carboxylic acids is 1. The largest absolute Gasteiger partial charge is 0.385 e. The Labute approximate surface area is 160 Å². The molecule has 0 spiro atoms. The van der Waals surface area contributed by atoms with Crippen molar-refractivity contribution in [2.45, 2.75) is 26.2 Å². The van der Waals surface area contributed by atoms with Gasteiger partial charge in [0.05, 0.1) is 0 Å². The lowest BCUT2D eigenvalue weighted by Gasteiger charge is -2.10. The number of rotatable bonds is 7. The Bertz CT molecular complexity index is 874. The normalized spacial score (nSPS) is 10.6. The van der Waals surface area contributed by atoms with Crippen LogP contribution in [0.25, 0.3) is 0 Å². The minimum Gasteiger partial charge on any atom is -0.385 e. The van der Waals surface area contributed by atoms with Crippen LogP contribution in [0.15, 0.2) is 72.9 Å². The van der Waals surface area contributed by atoms with Gasteiger partial charge in [-0.1, -0.05) is 56.3 Å². The van der Waals surface area contributed by atoms with E-state index < -0.39 is 0 Å². The van der Waals surface area contributed by atoms with Gasteiger partial charge in [0.15, 0.2) is 0 Å². The molecular formula is C23H25N3O. The zero-order chi connectivity index (χ0) is 19.1. The molecule has 3 aromatic rings. The number of carbonyl (C=O) groups is 1. The molecule has 3 rings (SSSR count). The van der Waals surface area contributed by atoms with Gasteiger partial charge in [-0.3, -0.25) is 9.78 Å². The van der Waals surface area contributed by atoms with E-state index in [2.05, 4.69) is 41.6 Å². The number of aromatic nitrogens is 1. The van der Waals surface area contributed by atoms with E-state index in [4.69, 9.17) is 0 Å². The van der Waals surface area contributed by atoms with Crippen molar-refractivity contribution in [3.05, 3.63) is 89.7 Å². The maximum absolute atomic E-state index is 12.5. The molecule has 1 heterocycles. The van der Waals surface area contributed by atoms with Crippen LogP contribution in [0.3, 0.4) is 0 Å². The zero-order valence-corrected chi connectivity index (χ0v) is 15.8.